The van der Waals surface area contributed by atoms with E-state index in [0.29, 0.717) is 11.6 Å². The standard InChI is InChI=1S/C24H20Cl2N2O/c25-19-9-6-18(7-10-19)8-15-24-27-22-4-1-2-5-23(22)28(24)16-3-17-29-21-13-11-20(26)12-14-21/h1-2,4-15H,3,16-17H2/b15-8+. The zero-order chi connectivity index (χ0) is 20.1. The molecule has 1 aromatic heterocycles. The summed E-state index contributed by atoms with van der Waals surface area (Å²) in [5.74, 6) is 1.75. The Bertz CT molecular complexity index is 1120. The molecule has 0 saturated heterocycles. The monoisotopic (exact) mass is 422 g/mol. The topological polar surface area (TPSA) is 27.1 Å². The van der Waals surface area contributed by atoms with Crippen LogP contribution in [0.2, 0.25) is 10.0 Å². The summed E-state index contributed by atoms with van der Waals surface area (Å²) in [6, 6.07) is 23.4. The number of hydrogen-bond donors (Lipinski definition) is 0. The molecule has 5 heteroatoms. The molecule has 0 spiro atoms. The van der Waals surface area contributed by atoms with Gasteiger partial charge in [-0.15, -0.1) is 0 Å². The lowest BCUT2D eigenvalue weighted by molar-refractivity contribution is 0.302. The van der Waals surface area contributed by atoms with Crippen molar-refractivity contribution in [2.24, 2.45) is 0 Å². The number of rotatable bonds is 7. The van der Waals surface area contributed by atoms with Gasteiger partial charge in [0.05, 0.1) is 17.6 Å². The number of imidazole rings is 1. The van der Waals surface area contributed by atoms with Crippen LogP contribution in [-0.4, -0.2) is 16.2 Å². The van der Waals surface area contributed by atoms with E-state index in [-0.39, 0.29) is 0 Å². The molecule has 0 aliphatic rings. The molecule has 0 radical (unpaired) electrons. The van der Waals surface area contributed by atoms with Gasteiger partial charge in [0.1, 0.15) is 11.6 Å². The summed E-state index contributed by atoms with van der Waals surface area (Å²) in [4.78, 5) is 4.79. The molecule has 0 aliphatic carbocycles. The Morgan fingerprint density at radius 3 is 2.28 bits per heavy atom. The van der Waals surface area contributed by atoms with Crippen molar-refractivity contribution < 1.29 is 4.74 Å². The van der Waals surface area contributed by atoms with E-state index in [2.05, 4.69) is 16.7 Å². The predicted octanol–water partition coefficient (Wildman–Crippen LogP) is 6.98. The Morgan fingerprint density at radius 1 is 0.828 bits per heavy atom. The van der Waals surface area contributed by atoms with Crippen molar-refractivity contribution in [2.75, 3.05) is 6.61 Å². The number of halogens is 2. The van der Waals surface area contributed by atoms with Gasteiger partial charge in [-0.05, 0) is 66.6 Å². The van der Waals surface area contributed by atoms with Crippen LogP contribution in [0.25, 0.3) is 23.2 Å². The number of hydrogen-bond acceptors (Lipinski definition) is 2. The molecule has 0 bridgehead atoms. The summed E-state index contributed by atoms with van der Waals surface area (Å²) in [5.41, 5.74) is 3.19. The number of nitrogens with zero attached hydrogens (tertiary/aromatic N) is 2. The van der Waals surface area contributed by atoms with E-state index in [0.717, 1.165) is 46.2 Å². The summed E-state index contributed by atoms with van der Waals surface area (Å²) < 4.78 is 8.06. The molecule has 0 fully saturated rings. The molecule has 0 unspecified atom stereocenters. The molecule has 3 aromatic carbocycles. The Hall–Kier alpha value is -2.75. The zero-order valence-corrected chi connectivity index (χ0v) is 17.3. The van der Waals surface area contributed by atoms with E-state index < -0.39 is 0 Å². The number of ether oxygens (including phenoxy) is 1. The molecule has 4 aromatic rings. The molecule has 0 aliphatic heterocycles. The summed E-state index contributed by atoms with van der Waals surface area (Å²) in [5, 5.41) is 1.44. The van der Waals surface area contributed by atoms with Crippen LogP contribution in [0.5, 0.6) is 5.75 Å². The van der Waals surface area contributed by atoms with Gasteiger partial charge in [-0.3, -0.25) is 0 Å². The van der Waals surface area contributed by atoms with Crippen LogP contribution in [0.15, 0.2) is 72.8 Å². The average Bonchev–Trinajstić information content (AvgIpc) is 3.10. The normalized spacial score (nSPS) is 11.4. The van der Waals surface area contributed by atoms with Gasteiger partial charge in [-0.25, -0.2) is 4.98 Å². The van der Waals surface area contributed by atoms with Crippen LogP contribution >= 0.6 is 23.2 Å². The number of benzene rings is 3. The van der Waals surface area contributed by atoms with Gasteiger partial charge >= 0.3 is 0 Å². The van der Waals surface area contributed by atoms with E-state index >= 15 is 0 Å². The van der Waals surface area contributed by atoms with Crippen LogP contribution in [0.3, 0.4) is 0 Å². The molecule has 29 heavy (non-hydrogen) atoms. The fourth-order valence-corrected chi connectivity index (χ4v) is 3.40. The molecular weight excluding hydrogens is 403 g/mol. The van der Waals surface area contributed by atoms with E-state index in [4.69, 9.17) is 32.9 Å². The van der Waals surface area contributed by atoms with Gasteiger partial charge < -0.3 is 9.30 Å². The quantitative estimate of drug-likeness (QED) is 0.300. The van der Waals surface area contributed by atoms with Crippen LogP contribution in [0, 0.1) is 0 Å². The van der Waals surface area contributed by atoms with E-state index in [1.54, 1.807) is 0 Å². The lowest BCUT2D eigenvalue weighted by Gasteiger charge is -2.09. The summed E-state index contributed by atoms with van der Waals surface area (Å²) in [6.07, 6.45) is 4.96. The highest BCUT2D eigenvalue weighted by atomic mass is 35.5. The SMILES string of the molecule is Clc1ccc(/C=C/c2nc3ccccc3n2CCCOc2ccc(Cl)cc2)cc1. The Labute approximate surface area is 180 Å². The van der Waals surface area contributed by atoms with Crippen LogP contribution in [0.4, 0.5) is 0 Å². The first-order valence-electron chi connectivity index (χ1n) is 9.46. The van der Waals surface area contributed by atoms with Crippen LogP contribution < -0.4 is 4.74 Å². The van der Waals surface area contributed by atoms with Crippen molar-refractivity contribution in [2.45, 2.75) is 13.0 Å². The zero-order valence-electron chi connectivity index (χ0n) is 15.8. The Kier molecular flexibility index (Phi) is 6.18. The van der Waals surface area contributed by atoms with Crippen LogP contribution in [-0.2, 0) is 6.54 Å². The molecule has 3 nitrogen and oxygen atoms in total. The molecular formula is C24H20Cl2N2O. The molecule has 0 N–H and O–H groups in total. The third-order valence-electron chi connectivity index (χ3n) is 4.59. The third kappa shape index (κ3) is 5.00. The minimum absolute atomic E-state index is 0.620. The third-order valence-corrected chi connectivity index (χ3v) is 5.09. The van der Waals surface area contributed by atoms with Crippen molar-refractivity contribution in [1.82, 2.24) is 9.55 Å². The van der Waals surface area contributed by atoms with Gasteiger partial charge in [0.25, 0.3) is 0 Å². The number of para-hydroxylation sites is 2. The lowest BCUT2D eigenvalue weighted by atomic mass is 10.2. The number of fused-ring (bicyclic) bond motifs is 1. The molecule has 1 heterocycles. The molecule has 4 rings (SSSR count). The fraction of sp³-hybridized carbons (Fsp3) is 0.125. The Morgan fingerprint density at radius 2 is 1.52 bits per heavy atom. The summed E-state index contributed by atoms with van der Waals surface area (Å²) >= 11 is 11.9. The lowest BCUT2D eigenvalue weighted by Crippen LogP contribution is -2.06. The van der Waals surface area contributed by atoms with E-state index in [1.807, 2.05) is 72.8 Å². The summed E-state index contributed by atoms with van der Waals surface area (Å²) in [7, 11) is 0. The maximum Gasteiger partial charge on any atom is 0.133 e. The molecule has 0 amide bonds. The number of aromatic nitrogens is 2. The first-order valence-corrected chi connectivity index (χ1v) is 10.2. The maximum atomic E-state index is 5.97. The number of aryl methyl sites for hydroxylation is 1. The minimum Gasteiger partial charge on any atom is -0.494 e. The van der Waals surface area contributed by atoms with Gasteiger partial charge in [-0.2, -0.15) is 0 Å². The average molecular weight is 423 g/mol. The second kappa shape index (κ2) is 9.17. The molecule has 146 valence electrons. The highest BCUT2D eigenvalue weighted by molar-refractivity contribution is 6.30. The van der Waals surface area contributed by atoms with Crippen molar-refractivity contribution in [1.29, 1.82) is 0 Å². The van der Waals surface area contributed by atoms with Crippen molar-refractivity contribution in [3.8, 4) is 5.75 Å². The first kappa shape index (κ1) is 19.6. The predicted molar refractivity (Wildman–Crippen MR) is 122 cm³/mol. The van der Waals surface area contributed by atoms with Crippen molar-refractivity contribution in [3.05, 3.63) is 94.2 Å². The summed E-state index contributed by atoms with van der Waals surface area (Å²) in [6.45, 7) is 1.43. The van der Waals surface area contributed by atoms with Gasteiger partial charge in [0, 0.05) is 16.6 Å². The van der Waals surface area contributed by atoms with Gasteiger partial charge in [0.15, 0.2) is 0 Å². The largest absolute Gasteiger partial charge is 0.494 e. The van der Waals surface area contributed by atoms with Gasteiger partial charge in [0.2, 0.25) is 0 Å². The maximum absolute atomic E-state index is 5.97. The second-order valence-corrected chi connectivity index (χ2v) is 7.52. The highest BCUT2D eigenvalue weighted by Gasteiger charge is 2.08. The Balaban J connectivity index is 1.48. The molecule has 0 atom stereocenters. The highest BCUT2D eigenvalue weighted by Crippen LogP contribution is 2.20. The van der Waals surface area contributed by atoms with E-state index in [9.17, 15) is 0 Å². The smallest absolute Gasteiger partial charge is 0.133 e. The minimum atomic E-state index is 0.620. The van der Waals surface area contributed by atoms with E-state index in [1.165, 1.54) is 0 Å². The molecule has 0 saturated carbocycles. The van der Waals surface area contributed by atoms with Crippen molar-refractivity contribution in [3.63, 3.8) is 0 Å². The van der Waals surface area contributed by atoms with Crippen molar-refractivity contribution >= 4 is 46.4 Å². The first-order chi connectivity index (χ1) is 14.2. The van der Waals surface area contributed by atoms with Crippen LogP contribution in [0.1, 0.15) is 17.8 Å². The fourth-order valence-electron chi connectivity index (χ4n) is 3.14. The second-order valence-electron chi connectivity index (χ2n) is 6.65. The van der Waals surface area contributed by atoms with Gasteiger partial charge in [-0.1, -0.05) is 53.5 Å².